The molecule has 3 N–H and O–H groups in total. The maximum absolute atomic E-state index is 13.3. The van der Waals surface area contributed by atoms with Crippen LogP contribution in [0.4, 0.5) is 23.1 Å². The van der Waals surface area contributed by atoms with Gasteiger partial charge in [0.1, 0.15) is 11.1 Å². The molecule has 342 valence electrons. The maximum Gasteiger partial charge on any atom is 0.293 e. The number of likely N-dealkylation sites (N-methyl/N-ethyl adjacent to an activating group) is 1. The minimum atomic E-state index is -0.603. The van der Waals surface area contributed by atoms with Crippen LogP contribution in [0.25, 0.3) is 10.9 Å². The quantitative estimate of drug-likeness (QED) is 0.171. The first-order valence-corrected chi connectivity index (χ1v) is 23.2. The van der Waals surface area contributed by atoms with Crippen LogP contribution < -0.4 is 36.0 Å². The zero-order valence-corrected chi connectivity index (χ0v) is 37.7. The number of likely N-dealkylation sites (tertiary alicyclic amines) is 1. The predicted molar refractivity (Wildman–Crippen MR) is 245 cm³/mol. The Morgan fingerprint density at radius 1 is 0.969 bits per heavy atom. The van der Waals surface area contributed by atoms with Crippen molar-refractivity contribution in [2.75, 3.05) is 68.0 Å². The summed E-state index contributed by atoms with van der Waals surface area (Å²) in [5.74, 6) is 0.0379. The molecule has 4 saturated heterocycles. The van der Waals surface area contributed by atoms with E-state index in [2.05, 4.69) is 41.7 Å². The van der Waals surface area contributed by atoms with E-state index in [0.717, 1.165) is 92.8 Å². The summed E-state index contributed by atoms with van der Waals surface area (Å²) in [6.07, 6.45) is 7.78. The van der Waals surface area contributed by atoms with Gasteiger partial charge in [0.2, 0.25) is 17.8 Å². The van der Waals surface area contributed by atoms with Gasteiger partial charge in [-0.05, 0) is 107 Å². The van der Waals surface area contributed by atoms with E-state index in [1.165, 1.54) is 13.5 Å². The Labute approximate surface area is 381 Å². The molecule has 6 aliphatic rings. The fourth-order valence-electron chi connectivity index (χ4n) is 10.6. The Morgan fingerprint density at radius 3 is 2.52 bits per heavy atom. The molecule has 17 nitrogen and oxygen atoms in total. The lowest BCUT2D eigenvalue weighted by molar-refractivity contribution is -0.137. The highest BCUT2D eigenvalue weighted by Gasteiger charge is 2.51. The second-order valence-corrected chi connectivity index (χ2v) is 19.3. The molecule has 18 heteroatoms. The molecule has 7 heterocycles. The number of hydrogen-bond donors (Lipinski definition) is 3. The molecule has 65 heavy (non-hydrogen) atoms. The Morgan fingerprint density at radius 2 is 1.77 bits per heavy atom. The Kier molecular flexibility index (Phi) is 11.4. The first-order valence-electron chi connectivity index (χ1n) is 22.8. The number of anilines is 4. The fraction of sp³-hybridized carbons (Fsp3) is 0.511. The number of ether oxygens (including phenoxy) is 2. The van der Waals surface area contributed by atoms with Crippen LogP contribution in [0.2, 0.25) is 5.02 Å². The minimum Gasteiger partial charge on any atom is -0.478 e. The van der Waals surface area contributed by atoms with Crippen LogP contribution in [0.1, 0.15) is 80.8 Å². The van der Waals surface area contributed by atoms with Crippen molar-refractivity contribution in [2.24, 2.45) is 5.41 Å². The summed E-state index contributed by atoms with van der Waals surface area (Å²) in [5.41, 5.74) is 4.16. The van der Waals surface area contributed by atoms with Crippen molar-refractivity contribution in [3.63, 3.8) is 0 Å². The summed E-state index contributed by atoms with van der Waals surface area (Å²) in [6.45, 7) is 9.73. The number of benzene rings is 2. The number of pyridine rings is 1. The van der Waals surface area contributed by atoms with Crippen LogP contribution in [-0.4, -0.2) is 125 Å². The summed E-state index contributed by atoms with van der Waals surface area (Å²) in [4.78, 5) is 80.7. The summed E-state index contributed by atoms with van der Waals surface area (Å²) >= 11 is 6.61. The van der Waals surface area contributed by atoms with Crippen molar-refractivity contribution in [3.8, 4) is 5.75 Å². The number of carbonyl (C=O) groups excluding carboxylic acids is 4. The van der Waals surface area contributed by atoms with Crippen LogP contribution in [0, 0.1) is 5.41 Å². The second-order valence-electron chi connectivity index (χ2n) is 18.9. The molecule has 0 bridgehead atoms. The molecular formula is C47H55ClN10O7. The van der Waals surface area contributed by atoms with Gasteiger partial charge < -0.3 is 39.4 Å². The van der Waals surface area contributed by atoms with Crippen molar-refractivity contribution in [2.45, 2.75) is 95.7 Å². The van der Waals surface area contributed by atoms with Crippen LogP contribution in [-0.2, 0) is 25.7 Å². The van der Waals surface area contributed by atoms with Crippen LogP contribution >= 0.6 is 11.6 Å². The van der Waals surface area contributed by atoms with E-state index >= 15 is 0 Å². The van der Waals surface area contributed by atoms with Gasteiger partial charge in [-0.1, -0.05) is 11.6 Å². The second kappa shape index (κ2) is 17.2. The first kappa shape index (κ1) is 43.1. The van der Waals surface area contributed by atoms with E-state index in [-0.39, 0.29) is 71.6 Å². The number of halogens is 1. The number of amides is 4. The Hall–Kier alpha value is -5.78. The standard InChI is InChI=1S/C47H55ClN10O7/c1-27(2)58-37-7-4-30(16-28(37)18-39(45(58)63)64-23-41(60)49-3)51-42-36(48)21-50-46(53-42)54-13-10-33(11-14-54)65-34-19-32(20-34)55-15-12-47(24-55)25-56(26-47)31-5-6-35-29(17-31)22-57(44(35)62)38-8-9-40(59)52-43(38)61/h4-7,16-18,21,27,32-34,38H,8-15,19-20,22-26H2,1-3H3,(H,49,60)(H,50,51,53)(H,52,59,61). The van der Waals surface area contributed by atoms with Crippen molar-refractivity contribution < 1.29 is 28.7 Å². The minimum absolute atomic E-state index is 0.0969. The number of hydrogen-bond acceptors (Lipinski definition) is 13. The molecule has 0 radical (unpaired) electrons. The summed E-state index contributed by atoms with van der Waals surface area (Å²) in [6, 6.07) is 13.2. The lowest BCUT2D eigenvalue weighted by Gasteiger charge is -2.51. The van der Waals surface area contributed by atoms with Gasteiger partial charge in [-0.2, -0.15) is 4.98 Å². The molecule has 1 atom stereocenters. The van der Waals surface area contributed by atoms with Crippen LogP contribution in [0.5, 0.6) is 5.75 Å². The molecule has 5 aliphatic heterocycles. The van der Waals surface area contributed by atoms with Crippen LogP contribution in [0.3, 0.4) is 0 Å². The number of rotatable bonds is 12. The van der Waals surface area contributed by atoms with E-state index in [0.29, 0.717) is 41.4 Å². The number of nitrogens with one attached hydrogen (secondary N) is 3. The number of nitrogens with zero attached hydrogens (tertiary/aromatic N) is 7. The molecule has 1 aliphatic carbocycles. The highest BCUT2D eigenvalue weighted by atomic mass is 35.5. The topological polar surface area (TPSA) is 184 Å². The van der Waals surface area contributed by atoms with Gasteiger partial charge in [0.25, 0.3) is 17.4 Å². The number of fused-ring (bicyclic) bond motifs is 2. The fourth-order valence-corrected chi connectivity index (χ4v) is 10.8. The zero-order chi connectivity index (χ0) is 45.1. The average Bonchev–Trinajstić information content (AvgIpc) is 3.85. The molecule has 4 amide bonds. The Bertz CT molecular complexity index is 2620. The Balaban J connectivity index is 0.685. The van der Waals surface area contributed by atoms with Crippen LogP contribution in [0.15, 0.2) is 53.5 Å². The molecule has 1 unspecified atom stereocenters. The monoisotopic (exact) mass is 906 g/mol. The van der Waals surface area contributed by atoms with Gasteiger partial charge in [-0.25, -0.2) is 4.98 Å². The number of aromatic nitrogens is 3. The van der Waals surface area contributed by atoms with Crippen molar-refractivity contribution >= 4 is 69.3 Å². The third-order valence-electron chi connectivity index (χ3n) is 14.2. The highest BCUT2D eigenvalue weighted by Crippen LogP contribution is 2.45. The maximum atomic E-state index is 13.3. The number of carbonyl (C=O) groups is 4. The zero-order valence-electron chi connectivity index (χ0n) is 37.0. The lowest BCUT2D eigenvalue weighted by atomic mass is 9.78. The highest BCUT2D eigenvalue weighted by molar-refractivity contribution is 6.33. The van der Waals surface area contributed by atoms with Crippen molar-refractivity contribution in [3.05, 3.63) is 75.2 Å². The van der Waals surface area contributed by atoms with Gasteiger partial charge in [-0.3, -0.25) is 34.2 Å². The number of imide groups is 1. The van der Waals surface area contributed by atoms with Crippen molar-refractivity contribution in [1.29, 1.82) is 0 Å². The molecular weight excluding hydrogens is 852 g/mol. The summed E-state index contributed by atoms with van der Waals surface area (Å²) < 4.78 is 13.9. The van der Waals surface area contributed by atoms with E-state index in [1.807, 2.05) is 44.2 Å². The molecule has 2 aromatic carbocycles. The summed E-state index contributed by atoms with van der Waals surface area (Å²) in [5, 5.41) is 9.37. The van der Waals surface area contributed by atoms with Gasteiger partial charge in [0.15, 0.2) is 18.2 Å². The lowest BCUT2D eigenvalue weighted by Crippen LogP contribution is -2.59. The average molecular weight is 907 g/mol. The SMILES string of the molecule is CNC(=O)COc1cc2cc(Nc3nc(N4CCC(OC5CC(N6CCC7(CN(c8ccc9c(c8)CN(C8CCC(=O)NC8=O)C9=O)C7)C6)C5)CC4)ncc3Cl)ccc2n(C(C)C)c1=O. The third kappa shape index (κ3) is 8.38. The van der Waals surface area contributed by atoms with Gasteiger partial charge in [0.05, 0.1) is 23.9 Å². The predicted octanol–water partition coefficient (Wildman–Crippen LogP) is 4.38. The molecule has 10 rings (SSSR count). The smallest absolute Gasteiger partial charge is 0.293 e. The normalized spacial score (nSPS) is 23.2. The molecule has 5 fully saturated rings. The molecule has 2 aromatic heterocycles. The van der Waals surface area contributed by atoms with Crippen molar-refractivity contribution in [1.82, 2.24) is 35.0 Å². The molecule has 4 aromatic rings. The molecule has 1 spiro atoms. The van der Waals surface area contributed by atoms with Gasteiger partial charge >= 0.3 is 0 Å². The van der Waals surface area contributed by atoms with Gasteiger partial charge in [0, 0.05) is 92.6 Å². The largest absolute Gasteiger partial charge is 0.478 e. The van der Waals surface area contributed by atoms with E-state index in [4.69, 9.17) is 26.1 Å². The third-order valence-corrected chi connectivity index (χ3v) is 14.5. The first-order chi connectivity index (χ1) is 31.3. The van der Waals surface area contributed by atoms with E-state index in [9.17, 15) is 24.0 Å². The summed E-state index contributed by atoms with van der Waals surface area (Å²) in [7, 11) is 1.52. The van der Waals surface area contributed by atoms with E-state index in [1.54, 1.807) is 21.7 Å². The number of piperidine rings is 2. The van der Waals surface area contributed by atoms with Gasteiger partial charge in [-0.15, -0.1) is 0 Å². The van der Waals surface area contributed by atoms with E-state index < -0.39 is 6.04 Å². The molecule has 1 saturated carbocycles.